The van der Waals surface area contributed by atoms with Gasteiger partial charge in [0.1, 0.15) is 0 Å². The maximum absolute atomic E-state index is 12.3. The van der Waals surface area contributed by atoms with Crippen molar-refractivity contribution in [2.24, 2.45) is 0 Å². The first kappa shape index (κ1) is 20.6. The molecule has 21 heavy (non-hydrogen) atoms. The lowest BCUT2D eigenvalue weighted by atomic mass is 10.0. The highest BCUT2D eigenvalue weighted by atomic mass is 32.2. The van der Waals surface area contributed by atoms with E-state index in [4.69, 9.17) is 4.43 Å². The molecule has 0 bridgehead atoms. The number of carbonyl (C=O) groups excluding carboxylic acids is 2. The Morgan fingerprint density at radius 3 is 2.05 bits per heavy atom. The number of esters is 1. The Morgan fingerprint density at radius 1 is 1.24 bits per heavy atom. The van der Waals surface area contributed by atoms with Gasteiger partial charge >= 0.3 is 5.97 Å². The van der Waals surface area contributed by atoms with Gasteiger partial charge in [-0.3, -0.25) is 4.79 Å². The van der Waals surface area contributed by atoms with Crippen LogP contribution < -0.4 is 0 Å². The Hall–Kier alpha value is -0.373. The second-order valence-electron chi connectivity index (χ2n) is 6.65. The van der Waals surface area contributed by atoms with Gasteiger partial charge in [0.25, 0.3) is 0 Å². The van der Waals surface area contributed by atoms with Gasteiger partial charge < -0.3 is 14.3 Å². The molecule has 7 heteroatoms. The van der Waals surface area contributed by atoms with Crippen LogP contribution in [0.3, 0.4) is 0 Å². The summed E-state index contributed by atoms with van der Waals surface area (Å²) >= 11 is 1.04. The molecule has 0 amide bonds. The monoisotopic (exact) mass is 336 g/mol. The third kappa shape index (κ3) is 5.09. The average molecular weight is 337 g/mol. The second kappa shape index (κ2) is 7.26. The maximum Gasteiger partial charge on any atom is 0.340 e. The van der Waals surface area contributed by atoms with E-state index in [0.717, 1.165) is 11.8 Å². The SMILES string of the molecule is CCSC(=O)[C@@H](O[Si](C)(C)C(C)(C)C)[C@@](C)(O)C(=O)OC. The van der Waals surface area contributed by atoms with E-state index in [2.05, 4.69) is 4.74 Å². The van der Waals surface area contributed by atoms with Gasteiger partial charge in [0.2, 0.25) is 5.12 Å². The second-order valence-corrected chi connectivity index (χ2v) is 12.7. The summed E-state index contributed by atoms with van der Waals surface area (Å²) in [5.41, 5.74) is -2.00. The van der Waals surface area contributed by atoms with Crippen molar-refractivity contribution < 1.29 is 23.9 Å². The summed E-state index contributed by atoms with van der Waals surface area (Å²) in [4.78, 5) is 24.1. The molecular weight excluding hydrogens is 308 g/mol. The van der Waals surface area contributed by atoms with Gasteiger partial charge in [0, 0.05) is 0 Å². The number of thioether (sulfide) groups is 1. The Kier molecular flexibility index (Phi) is 7.13. The molecule has 0 aromatic rings. The van der Waals surface area contributed by atoms with Crippen LogP contribution in [0.1, 0.15) is 34.6 Å². The summed E-state index contributed by atoms with van der Waals surface area (Å²) in [5.74, 6) is -0.316. The van der Waals surface area contributed by atoms with E-state index < -0.39 is 26.0 Å². The van der Waals surface area contributed by atoms with Crippen molar-refractivity contribution in [2.45, 2.75) is 64.5 Å². The zero-order valence-corrected chi connectivity index (χ0v) is 16.1. The molecule has 0 aliphatic rings. The van der Waals surface area contributed by atoms with E-state index >= 15 is 0 Å². The Bertz CT molecular complexity index is 387. The van der Waals surface area contributed by atoms with Gasteiger partial charge in [-0.15, -0.1) is 0 Å². The van der Waals surface area contributed by atoms with Crippen LogP contribution in [0.4, 0.5) is 0 Å². The van der Waals surface area contributed by atoms with Gasteiger partial charge in [-0.05, 0) is 30.8 Å². The summed E-state index contributed by atoms with van der Waals surface area (Å²) in [6.07, 6.45) is -1.23. The minimum atomic E-state index is -2.33. The normalized spacial score (nSPS) is 17.0. The van der Waals surface area contributed by atoms with Crippen LogP contribution in [0.15, 0.2) is 0 Å². The first-order chi connectivity index (χ1) is 9.31. The molecule has 124 valence electrons. The molecule has 0 spiro atoms. The lowest BCUT2D eigenvalue weighted by Gasteiger charge is -2.41. The lowest BCUT2D eigenvalue weighted by molar-refractivity contribution is -0.172. The predicted octanol–water partition coefficient (Wildman–Crippen LogP) is 2.58. The van der Waals surface area contributed by atoms with E-state index in [-0.39, 0.29) is 10.2 Å². The fourth-order valence-corrected chi connectivity index (χ4v) is 3.47. The number of carbonyl (C=O) groups is 2. The van der Waals surface area contributed by atoms with E-state index in [9.17, 15) is 14.7 Å². The minimum absolute atomic E-state index is 0.144. The van der Waals surface area contributed by atoms with Crippen LogP contribution in [-0.4, -0.2) is 49.1 Å². The standard InChI is InChI=1S/C14H28O5SSi/c1-9-20-11(15)10(14(5,17)12(16)18-6)19-21(7,8)13(2,3)4/h10,17H,9H2,1-8H3/t10-,14-/m1/s1. The van der Waals surface area contributed by atoms with Gasteiger partial charge in [-0.2, -0.15) is 0 Å². The van der Waals surface area contributed by atoms with Crippen molar-refractivity contribution >= 4 is 31.2 Å². The Balaban J connectivity index is 5.56. The summed E-state index contributed by atoms with van der Waals surface area (Å²) < 4.78 is 10.6. The number of hydrogen-bond donors (Lipinski definition) is 1. The highest BCUT2D eigenvalue weighted by Crippen LogP contribution is 2.39. The Morgan fingerprint density at radius 2 is 1.71 bits per heavy atom. The first-order valence-electron chi connectivity index (χ1n) is 6.96. The summed E-state index contributed by atoms with van der Waals surface area (Å²) in [6, 6.07) is 0. The molecule has 1 N–H and O–H groups in total. The van der Waals surface area contributed by atoms with E-state index in [1.807, 2.05) is 40.8 Å². The third-order valence-corrected chi connectivity index (χ3v) is 9.05. The minimum Gasteiger partial charge on any atom is -0.467 e. The van der Waals surface area contributed by atoms with Gasteiger partial charge in [0.15, 0.2) is 20.0 Å². The van der Waals surface area contributed by atoms with Gasteiger partial charge in [0.05, 0.1) is 7.11 Å². The van der Waals surface area contributed by atoms with Crippen LogP contribution in [0.25, 0.3) is 0 Å². The van der Waals surface area contributed by atoms with Crippen LogP contribution in [-0.2, 0) is 18.8 Å². The van der Waals surface area contributed by atoms with Crippen molar-refractivity contribution in [3.8, 4) is 0 Å². The molecule has 0 aliphatic carbocycles. The molecule has 0 saturated heterocycles. The number of hydrogen-bond acceptors (Lipinski definition) is 6. The third-order valence-electron chi connectivity index (χ3n) is 3.83. The molecule has 0 aromatic carbocycles. The summed E-state index contributed by atoms with van der Waals surface area (Å²) in [7, 11) is -1.15. The maximum atomic E-state index is 12.3. The molecule has 0 fully saturated rings. The molecule has 5 nitrogen and oxygen atoms in total. The lowest BCUT2D eigenvalue weighted by Crippen LogP contribution is -2.57. The molecule has 0 radical (unpaired) electrons. The van der Waals surface area contributed by atoms with Gasteiger partial charge in [-0.25, -0.2) is 4.79 Å². The van der Waals surface area contributed by atoms with Crippen LogP contribution in [0.5, 0.6) is 0 Å². The molecule has 0 saturated carbocycles. The van der Waals surface area contributed by atoms with Crippen molar-refractivity contribution in [1.29, 1.82) is 0 Å². The smallest absolute Gasteiger partial charge is 0.340 e. The Labute approximate surface area is 132 Å². The highest BCUT2D eigenvalue weighted by molar-refractivity contribution is 8.13. The number of rotatable bonds is 6. The molecule has 0 aliphatic heterocycles. The summed E-state index contributed by atoms with van der Waals surface area (Å²) in [6.45, 7) is 13.1. The highest BCUT2D eigenvalue weighted by Gasteiger charge is 2.50. The van der Waals surface area contributed by atoms with Crippen LogP contribution >= 0.6 is 11.8 Å². The quantitative estimate of drug-likeness (QED) is 0.594. The van der Waals surface area contributed by atoms with Crippen molar-refractivity contribution in [1.82, 2.24) is 0 Å². The van der Waals surface area contributed by atoms with Crippen molar-refractivity contribution in [3.63, 3.8) is 0 Å². The van der Waals surface area contributed by atoms with E-state index in [1.54, 1.807) is 0 Å². The van der Waals surface area contributed by atoms with E-state index in [0.29, 0.717) is 5.75 Å². The molecule has 0 unspecified atom stereocenters. The fourth-order valence-electron chi connectivity index (χ4n) is 1.40. The topological polar surface area (TPSA) is 72.8 Å². The summed E-state index contributed by atoms with van der Waals surface area (Å²) in [5, 5.41) is 9.96. The number of aliphatic hydroxyl groups is 1. The largest absolute Gasteiger partial charge is 0.467 e. The van der Waals surface area contributed by atoms with Crippen molar-refractivity contribution in [3.05, 3.63) is 0 Å². The van der Waals surface area contributed by atoms with Crippen molar-refractivity contribution in [2.75, 3.05) is 12.9 Å². The fraction of sp³-hybridized carbons (Fsp3) is 0.857. The van der Waals surface area contributed by atoms with E-state index in [1.165, 1.54) is 14.0 Å². The van der Waals surface area contributed by atoms with Gasteiger partial charge in [-0.1, -0.05) is 39.5 Å². The molecule has 2 atom stereocenters. The average Bonchev–Trinajstić information content (AvgIpc) is 2.33. The molecule has 0 aromatic heterocycles. The zero-order chi connectivity index (χ0) is 17.1. The molecule has 0 rings (SSSR count). The zero-order valence-electron chi connectivity index (χ0n) is 14.3. The van der Waals surface area contributed by atoms with Crippen LogP contribution in [0.2, 0.25) is 18.1 Å². The first-order valence-corrected chi connectivity index (χ1v) is 10.9. The van der Waals surface area contributed by atoms with Crippen LogP contribution in [0, 0.1) is 0 Å². The molecule has 0 heterocycles. The predicted molar refractivity (Wildman–Crippen MR) is 87.8 cm³/mol. The number of methoxy groups -OCH3 is 1. The number of ether oxygens (including phenoxy) is 1. The molecular formula is C14H28O5SSi.